The van der Waals surface area contributed by atoms with E-state index in [1.807, 2.05) is 24.4 Å². The number of anilines is 1. The van der Waals surface area contributed by atoms with E-state index < -0.39 is 0 Å². The zero-order valence-electron chi connectivity index (χ0n) is 13.8. The lowest BCUT2D eigenvalue weighted by Gasteiger charge is -2.06. The molecule has 1 aromatic carbocycles. The predicted molar refractivity (Wildman–Crippen MR) is 93.6 cm³/mol. The van der Waals surface area contributed by atoms with Crippen molar-refractivity contribution in [3.63, 3.8) is 0 Å². The predicted octanol–water partition coefficient (Wildman–Crippen LogP) is 1.86. The molecule has 8 nitrogen and oxygen atoms in total. The number of ether oxygens (including phenoxy) is 2. The molecule has 0 radical (unpaired) electrons. The van der Waals surface area contributed by atoms with Crippen LogP contribution in [0.5, 0.6) is 6.01 Å². The molecule has 2 heterocycles. The maximum absolute atomic E-state index is 8.36. The maximum Gasteiger partial charge on any atom is 0.319 e. The molecule has 3 aromatic rings. The SMILES string of the molecule is COCCOc1nc(N)c2[nH]cc(Cc3ccccc3)c2n1.O=CO. The standard InChI is InChI=1S/C16H18N4O2.CH2O2/c1-21-7-8-22-16-19-13-12(9-11-5-3-2-4-6-11)10-18-14(13)15(17)20-16;2-1-3/h2-6,10,18H,7-9H2,1H3,(H2,17,19,20);1H,(H,2,3). The van der Waals surface area contributed by atoms with E-state index in [0.717, 1.165) is 23.0 Å². The van der Waals surface area contributed by atoms with Crippen molar-refractivity contribution in [2.75, 3.05) is 26.1 Å². The van der Waals surface area contributed by atoms with Crippen LogP contribution in [0.1, 0.15) is 11.1 Å². The molecule has 4 N–H and O–H groups in total. The molecule has 0 atom stereocenters. The Morgan fingerprint density at radius 3 is 2.64 bits per heavy atom. The third kappa shape index (κ3) is 4.92. The quantitative estimate of drug-likeness (QED) is 0.460. The van der Waals surface area contributed by atoms with Crippen LogP contribution >= 0.6 is 0 Å². The molecule has 25 heavy (non-hydrogen) atoms. The highest BCUT2D eigenvalue weighted by Gasteiger charge is 2.12. The number of nitrogen functional groups attached to an aromatic ring is 1. The van der Waals surface area contributed by atoms with Gasteiger partial charge in [-0.2, -0.15) is 9.97 Å². The number of hydrogen-bond donors (Lipinski definition) is 3. The van der Waals surface area contributed by atoms with Gasteiger partial charge in [-0.05, 0) is 5.56 Å². The molecule has 0 spiro atoms. The summed E-state index contributed by atoms with van der Waals surface area (Å²) >= 11 is 0. The number of carbonyl (C=O) groups is 1. The first-order valence-corrected chi connectivity index (χ1v) is 7.56. The van der Waals surface area contributed by atoms with Crippen molar-refractivity contribution in [1.29, 1.82) is 0 Å². The lowest BCUT2D eigenvalue weighted by molar-refractivity contribution is -0.122. The van der Waals surface area contributed by atoms with Gasteiger partial charge in [-0.3, -0.25) is 4.79 Å². The molecule has 0 aliphatic rings. The second kappa shape index (κ2) is 9.24. The third-order valence-electron chi connectivity index (χ3n) is 3.37. The molecule has 0 unspecified atom stereocenters. The van der Waals surface area contributed by atoms with Gasteiger partial charge in [0.05, 0.1) is 6.61 Å². The topological polar surface area (TPSA) is 123 Å². The highest BCUT2D eigenvalue weighted by Crippen LogP contribution is 2.24. The molecular weight excluding hydrogens is 324 g/mol. The van der Waals surface area contributed by atoms with Crippen LogP contribution in [0.25, 0.3) is 11.0 Å². The highest BCUT2D eigenvalue weighted by atomic mass is 16.5. The summed E-state index contributed by atoms with van der Waals surface area (Å²) in [6.07, 6.45) is 2.69. The zero-order valence-corrected chi connectivity index (χ0v) is 13.8. The number of nitrogens with two attached hydrogens (primary N) is 1. The molecule has 0 aliphatic carbocycles. The Kier molecular flexibility index (Phi) is 6.73. The Morgan fingerprint density at radius 1 is 1.24 bits per heavy atom. The van der Waals surface area contributed by atoms with Gasteiger partial charge < -0.3 is 25.3 Å². The Morgan fingerprint density at radius 2 is 1.96 bits per heavy atom. The van der Waals surface area contributed by atoms with Crippen LogP contribution in [0.2, 0.25) is 0 Å². The summed E-state index contributed by atoms with van der Waals surface area (Å²) < 4.78 is 10.4. The fraction of sp³-hybridized carbons (Fsp3) is 0.235. The monoisotopic (exact) mass is 344 g/mol. The fourth-order valence-corrected chi connectivity index (χ4v) is 2.29. The fourth-order valence-electron chi connectivity index (χ4n) is 2.29. The first-order chi connectivity index (χ1) is 12.2. The lowest BCUT2D eigenvalue weighted by Crippen LogP contribution is -2.08. The van der Waals surface area contributed by atoms with Crippen LogP contribution in [0.15, 0.2) is 36.5 Å². The Hall–Kier alpha value is -3.13. The average molecular weight is 344 g/mol. The summed E-state index contributed by atoms with van der Waals surface area (Å²) in [5, 5.41) is 6.89. The van der Waals surface area contributed by atoms with E-state index in [9.17, 15) is 0 Å². The van der Waals surface area contributed by atoms with Crippen LogP contribution < -0.4 is 10.5 Å². The summed E-state index contributed by atoms with van der Waals surface area (Å²) in [6, 6.07) is 10.5. The van der Waals surface area contributed by atoms with Crippen molar-refractivity contribution in [1.82, 2.24) is 15.0 Å². The highest BCUT2D eigenvalue weighted by molar-refractivity contribution is 5.87. The summed E-state index contributed by atoms with van der Waals surface area (Å²) in [6.45, 7) is 0.616. The second-order valence-corrected chi connectivity index (χ2v) is 5.04. The van der Waals surface area contributed by atoms with Crippen LogP contribution in [-0.4, -0.2) is 46.9 Å². The van der Waals surface area contributed by atoms with Crippen LogP contribution in [0.4, 0.5) is 5.82 Å². The van der Waals surface area contributed by atoms with E-state index in [2.05, 4.69) is 27.1 Å². The van der Waals surface area contributed by atoms with Crippen molar-refractivity contribution in [3.05, 3.63) is 47.7 Å². The van der Waals surface area contributed by atoms with Crippen LogP contribution in [0.3, 0.4) is 0 Å². The van der Waals surface area contributed by atoms with Crippen molar-refractivity contribution in [2.45, 2.75) is 6.42 Å². The number of benzene rings is 1. The molecule has 0 aliphatic heterocycles. The van der Waals surface area contributed by atoms with Gasteiger partial charge in [0.15, 0.2) is 5.82 Å². The summed E-state index contributed by atoms with van der Waals surface area (Å²) in [5.41, 5.74) is 9.78. The molecule has 0 saturated carbocycles. The van der Waals surface area contributed by atoms with Crippen molar-refractivity contribution in [3.8, 4) is 6.01 Å². The van der Waals surface area contributed by atoms with E-state index in [-0.39, 0.29) is 12.5 Å². The number of nitrogens with one attached hydrogen (secondary N) is 1. The minimum absolute atomic E-state index is 0.250. The first kappa shape index (κ1) is 18.2. The number of fused-ring (bicyclic) bond motifs is 1. The molecule has 0 fully saturated rings. The van der Waals surface area contributed by atoms with E-state index in [1.54, 1.807) is 7.11 Å². The summed E-state index contributed by atoms with van der Waals surface area (Å²) in [5.74, 6) is 0.386. The molecule has 0 amide bonds. The number of methoxy groups -OCH3 is 1. The lowest BCUT2D eigenvalue weighted by atomic mass is 10.1. The van der Waals surface area contributed by atoms with Gasteiger partial charge in [0.1, 0.15) is 17.6 Å². The summed E-state index contributed by atoms with van der Waals surface area (Å²) in [7, 11) is 1.62. The van der Waals surface area contributed by atoms with Crippen molar-refractivity contribution in [2.24, 2.45) is 0 Å². The van der Waals surface area contributed by atoms with Gasteiger partial charge in [-0.25, -0.2) is 0 Å². The van der Waals surface area contributed by atoms with Crippen molar-refractivity contribution < 1.29 is 19.4 Å². The Labute approximate surface area is 144 Å². The molecular formula is C17H20N4O4. The Bertz CT molecular complexity index is 805. The summed E-state index contributed by atoms with van der Waals surface area (Å²) in [4.78, 5) is 20.1. The molecule has 0 saturated heterocycles. The molecule has 3 rings (SSSR count). The normalized spacial score (nSPS) is 10.1. The Balaban J connectivity index is 0.000000701. The van der Waals surface area contributed by atoms with E-state index in [4.69, 9.17) is 25.1 Å². The first-order valence-electron chi connectivity index (χ1n) is 7.56. The molecule has 2 aromatic heterocycles. The number of nitrogens with zero attached hydrogens (tertiary/aromatic N) is 2. The maximum atomic E-state index is 8.36. The minimum atomic E-state index is -0.250. The molecule has 132 valence electrons. The zero-order chi connectivity index (χ0) is 18.1. The molecule has 0 bridgehead atoms. The minimum Gasteiger partial charge on any atom is -0.483 e. The van der Waals surface area contributed by atoms with Gasteiger partial charge in [-0.15, -0.1) is 0 Å². The average Bonchev–Trinajstić information content (AvgIpc) is 3.00. The second-order valence-electron chi connectivity index (χ2n) is 5.04. The van der Waals surface area contributed by atoms with Gasteiger partial charge in [0, 0.05) is 25.3 Å². The van der Waals surface area contributed by atoms with E-state index in [1.165, 1.54) is 5.56 Å². The van der Waals surface area contributed by atoms with E-state index >= 15 is 0 Å². The number of hydrogen-bond acceptors (Lipinski definition) is 6. The number of carboxylic acid groups (broad SMARTS) is 1. The number of H-pyrrole nitrogens is 1. The van der Waals surface area contributed by atoms with E-state index in [0.29, 0.717) is 19.0 Å². The molecule has 8 heteroatoms. The van der Waals surface area contributed by atoms with Gasteiger partial charge in [-0.1, -0.05) is 30.3 Å². The van der Waals surface area contributed by atoms with Crippen LogP contribution in [-0.2, 0) is 16.0 Å². The number of aromatic amines is 1. The smallest absolute Gasteiger partial charge is 0.319 e. The largest absolute Gasteiger partial charge is 0.483 e. The van der Waals surface area contributed by atoms with Crippen molar-refractivity contribution >= 4 is 23.3 Å². The number of aromatic nitrogens is 3. The van der Waals surface area contributed by atoms with Gasteiger partial charge in [0.25, 0.3) is 6.47 Å². The van der Waals surface area contributed by atoms with Crippen LogP contribution in [0, 0.1) is 0 Å². The van der Waals surface area contributed by atoms with Gasteiger partial charge in [0.2, 0.25) is 0 Å². The third-order valence-corrected chi connectivity index (χ3v) is 3.37. The van der Waals surface area contributed by atoms with Gasteiger partial charge >= 0.3 is 6.01 Å². The number of rotatable bonds is 6.